The zero-order chi connectivity index (χ0) is 24.8. The number of methoxy groups -OCH3 is 2. The van der Waals surface area contributed by atoms with Gasteiger partial charge in [-0.1, -0.05) is 11.2 Å². The van der Waals surface area contributed by atoms with Gasteiger partial charge in [-0.25, -0.2) is 9.18 Å². The van der Waals surface area contributed by atoms with Gasteiger partial charge >= 0.3 is 5.97 Å². The molecule has 11 heteroatoms. The van der Waals surface area contributed by atoms with Crippen LogP contribution in [0, 0.1) is 5.82 Å². The van der Waals surface area contributed by atoms with Gasteiger partial charge in [0.25, 0.3) is 5.89 Å². The first-order valence-corrected chi connectivity index (χ1v) is 11.2. The lowest BCUT2D eigenvalue weighted by atomic mass is 10.1. The third-order valence-corrected chi connectivity index (χ3v) is 5.70. The topological polar surface area (TPSA) is 113 Å². The van der Waals surface area contributed by atoms with E-state index in [-0.39, 0.29) is 47.7 Å². The summed E-state index contributed by atoms with van der Waals surface area (Å²) in [6.45, 7) is -0.291. The van der Waals surface area contributed by atoms with E-state index in [4.69, 9.17) is 18.7 Å². The van der Waals surface area contributed by atoms with Crippen LogP contribution >= 0.6 is 11.3 Å². The van der Waals surface area contributed by atoms with E-state index < -0.39 is 11.8 Å². The number of anilines is 1. The fourth-order valence-corrected chi connectivity index (χ4v) is 3.85. The molecule has 0 saturated heterocycles. The third kappa shape index (κ3) is 5.82. The first-order valence-electron chi connectivity index (χ1n) is 10.3. The molecule has 4 rings (SSSR count). The second-order valence-electron chi connectivity index (χ2n) is 7.16. The first-order chi connectivity index (χ1) is 17.0. The van der Waals surface area contributed by atoms with E-state index in [2.05, 4.69) is 15.5 Å². The lowest BCUT2D eigenvalue weighted by molar-refractivity contribution is -0.115. The van der Waals surface area contributed by atoms with Crippen molar-refractivity contribution in [1.82, 2.24) is 10.1 Å². The fourth-order valence-electron chi connectivity index (χ4n) is 3.15. The van der Waals surface area contributed by atoms with Crippen LogP contribution in [0.5, 0.6) is 11.5 Å². The summed E-state index contributed by atoms with van der Waals surface area (Å²) in [6, 6.07) is 12.1. The number of hydrogen-bond donors (Lipinski definition) is 1. The maximum Gasteiger partial charge on any atom is 0.340 e. The van der Waals surface area contributed by atoms with Crippen LogP contribution in [0.15, 0.2) is 58.4 Å². The molecule has 0 saturated carbocycles. The smallest absolute Gasteiger partial charge is 0.340 e. The van der Waals surface area contributed by atoms with Gasteiger partial charge in [-0.15, -0.1) is 11.3 Å². The van der Waals surface area contributed by atoms with Crippen LogP contribution in [0.1, 0.15) is 21.1 Å². The molecule has 35 heavy (non-hydrogen) atoms. The molecule has 2 aromatic carbocycles. The molecule has 0 spiro atoms. The highest BCUT2D eigenvalue weighted by Crippen LogP contribution is 2.34. The molecule has 0 aliphatic heterocycles. The van der Waals surface area contributed by atoms with Gasteiger partial charge in [0, 0.05) is 22.6 Å². The molecule has 4 aromatic rings. The quantitative estimate of drug-likeness (QED) is 0.337. The van der Waals surface area contributed by atoms with Crippen molar-refractivity contribution in [2.75, 3.05) is 19.5 Å². The van der Waals surface area contributed by atoms with Gasteiger partial charge in [0.15, 0.2) is 18.1 Å². The Hall–Kier alpha value is -4.25. The number of esters is 1. The lowest BCUT2D eigenvalue weighted by Crippen LogP contribution is -2.17. The summed E-state index contributed by atoms with van der Waals surface area (Å²) in [4.78, 5) is 30.5. The van der Waals surface area contributed by atoms with Crippen LogP contribution in [0.2, 0.25) is 0 Å². The SMILES string of the molecule is COc1cc(NC(=O)Cc2cccs2)c(C(=O)OCc2noc(-c3ccc(F)cc3)n2)cc1OC. The summed E-state index contributed by atoms with van der Waals surface area (Å²) in [5, 5.41) is 8.40. The normalized spacial score (nSPS) is 10.6. The van der Waals surface area contributed by atoms with Crippen molar-refractivity contribution in [1.29, 1.82) is 0 Å². The van der Waals surface area contributed by atoms with E-state index >= 15 is 0 Å². The number of amides is 1. The first kappa shape index (κ1) is 23.9. The van der Waals surface area contributed by atoms with E-state index in [0.29, 0.717) is 11.3 Å². The Bertz CT molecular complexity index is 1320. The largest absolute Gasteiger partial charge is 0.493 e. The minimum atomic E-state index is -0.745. The number of rotatable bonds is 9. The molecule has 0 radical (unpaired) electrons. The average Bonchev–Trinajstić information content (AvgIpc) is 3.55. The zero-order valence-corrected chi connectivity index (χ0v) is 19.6. The fraction of sp³-hybridized carbons (Fsp3) is 0.167. The Balaban J connectivity index is 1.50. The molecule has 180 valence electrons. The number of ether oxygens (including phenoxy) is 3. The van der Waals surface area contributed by atoms with Crippen LogP contribution in [-0.4, -0.2) is 36.2 Å². The lowest BCUT2D eigenvalue weighted by Gasteiger charge is -2.15. The molecule has 1 N–H and O–H groups in total. The molecule has 0 atom stereocenters. The number of nitrogens with zero attached hydrogens (tertiary/aromatic N) is 2. The number of hydrogen-bond acceptors (Lipinski definition) is 9. The zero-order valence-electron chi connectivity index (χ0n) is 18.7. The van der Waals surface area contributed by atoms with E-state index in [0.717, 1.165) is 4.88 Å². The number of carbonyl (C=O) groups is 2. The molecule has 2 aromatic heterocycles. The molecular formula is C24H20FN3O6S. The molecule has 0 unspecified atom stereocenters. The van der Waals surface area contributed by atoms with Crippen molar-refractivity contribution in [2.24, 2.45) is 0 Å². The summed E-state index contributed by atoms with van der Waals surface area (Å²) in [5.41, 5.74) is 0.783. The van der Waals surface area contributed by atoms with Gasteiger partial charge in [-0.05, 0) is 35.7 Å². The van der Waals surface area contributed by atoms with E-state index in [9.17, 15) is 14.0 Å². The van der Waals surface area contributed by atoms with Crippen molar-refractivity contribution in [3.05, 3.63) is 76.0 Å². The Morgan fingerprint density at radius 3 is 2.51 bits per heavy atom. The Morgan fingerprint density at radius 1 is 1.09 bits per heavy atom. The van der Waals surface area contributed by atoms with Crippen molar-refractivity contribution in [2.45, 2.75) is 13.0 Å². The summed E-state index contributed by atoms with van der Waals surface area (Å²) in [6.07, 6.45) is 0.148. The average molecular weight is 498 g/mol. The molecule has 2 heterocycles. The van der Waals surface area contributed by atoms with Crippen molar-refractivity contribution < 1.29 is 32.7 Å². The van der Waals surface area contributed by atoms with E-state index in [1.165, 1.54) is 62.0 Å². The van der Waals surface area contributed by atoms with E-state index in [1.807, 2.05) is 17.5 Å². The number of aromatic nitrogens is 2. The van der Waals surface area contributed by atoms with Gasteiger partial charge in [-0.3, -0.25) is 4.79 Å². The second kappa shape index (κ2) is 10.8. The van der Waals surface area contributed by atoms with Gasteiger partial charge < -0.3 is 24.1 Å². The summed E-state index contributed by atoms with van der Waals surface area (Å²) >= 11 is 1.45. The second-order valence-corrected chi connectivity index (χ2v) is 8.19. The third-order valence-electron chi connectivity index (χ3n) is 4.82. The monoisotopic (exact) mass is 497 g/mol. The van der Waals surface area contributed by atoms with E-state index in [1.54, 1.807) is 0 Å². The summed E-state index contributed by atoms with van der Waals surface area (Å²) in [7, 11) is 2.88. The molecule has 0 aliphatic carbocycles. The Labute approximate surface area is 203 Å². The molecule has 9 nitrogen and oxygen atoms in total. The maximum atomic E-state index is 13.1. The van der Waals surface area contributed by atoms with Crippen LogP contribution in [0.25, 0.3) is 11.5 Å². The minimum Gasteiger partial charge on any atom is -0.493 e. The highest BCUT2D eigenvalue weighted by atomic mass is 32.1. The molecule has 0 bridgehead atoms. The Morgan fingerprint density at radius 2 is 1.83 bits per heavy atom. The van der Waals surface area contributed by atoms with Crippen LogP contribution in [-0.2, 0) is 22.6 Å². The van der Waals surface area contributed by atoms with Crippen LogP contribution < -0.4 is 14.8 Å². The Kier molecular flexibility index (Phi) is 7.36. The van der Waals surface area contributed by atoms with Gasteiger partial charge in [-0.2, -0.15) is 4.98 Å². The van der Waals surface area contributed by atoms with Gasteiger partial charge in [0.05, 0.1) is 31.9 Å². The van der Waals surface area contributed by atoms with Crippen LogP contribution in [0.4, 0.5) is 10.1 Å². The highest BCUT2D eigenvalue weighted by molar-refractivity contribution is 7.10. The molecular weight excluding hydrogens is 477 g/mol. The van der Waals surface area contributed by atoms with Crippen molar-refractivity contribution in [3.63, 3.8) is 0 Å². The number of carbonyl (C=O) groups excluding carboxylic acids is 2. The predicted octanol–water partition coefficient (Wildman–Crippen LogP) is 4.49. The van der Waals surface area contributed by atoms with Crippen molar-refractivity contribution in [3.8, 4) is 23.0 Å². The number of benzene rings is 2. The number of halogens is 1. The van der Waals surface area contributed by atoms with Crippen molar-refractivity contribution >= 4 is 28.9 Å². The molecule has 0 fully saturated rings. The minimum absolute atomic E-state index is 0.0597. The molecule has 0 aliphatic rings. The summed E-state index contributed by atoms with van der Waals surface area (Å²) < 4.78 is 34.2. The summed E-state index contributed by atoms with van der Waals surface area (Å²) in [5.74, 6) is -0.562. The van der Waals surface area contributed by atoms with Gasteiger partial charge in [0.2, 0.25) is 11.7 Å². The number of thiophene rings is 1. The predicted molar refractivity (Wildman–Crippen MR) is 125 cm³/mol. The standard InChI is InChI=1S/C24H20FN3O6S/c1-31-19-11-17(18(12-20(19)32-2)26-22(29)10-16-4-3-9-35-16)24(30)33-13-21-27-23(34-28-21)14-5-7-15(25)8-6-14/h3-9,11-12H,10,13H2,1-2H3,(H,26,29). The molecule has 1 amide bonds. The highest BCUT2D eigenvalue weighted by Gasteiger charge is 2.21. The maximum absolute atomic E-state index is 13.1. The van der Waals surface area contributed by atoms with Crippen LogP contribution in [0.3, 0.4) is 0 Å². The van der Waals surface area contributed by atoms with Gasteiger partial charge in [0.1, 0.15) is 5.82 Å². The number of nitrogens with one attached hydrogen (secondary N) is 1.